The Morgan fingerprint density at radius 3 is 2.45 bits per heavy atom. The van der Waals surface area contributed by atoms with E-state index in [1.54, 1.807) is 0 Å². The molecule has 1 amide bonds. The van der Waals surface area contributed by atoms with E-state index in [-0.39, 0.29) is 6.04 Å². The number of nitrogens with one attached hydrogen (secondary N) is 2. The van der Waals surface area contributed by atoms with Crippen molar-refractivity contribution in [3.8, 4) is 0 Å². The van der Waals surface area contributed by atoms with Crippen LogP contribution in [0.5, 0.6) is 0 Å². The Hall–Kier alpha value is -1.34. The number of sulfone groups is 1. The van der Waals surface area contributed by atoms with Gasteiger partial charge in [0.2, 0.25) is 5.91 Å². The molecule has 1 heterocycles. The smallest absolute Gasteiger partial charge is 0.238 e. The number of carbonyl (C=O) groups is 1. The standard InChI is InChI=1S/C13H22N2O4S/c1-9-5-6-12(19-9)10(2)14-7-8-15-13(16)11(3)20(4,17)18/h5-6,10-11,14H,7-8H2,1-4H3,(H,15,16)/t10-,11-/m1/s1. The number of aryl methyl sites for hydroxylation is 1. The highest BCUT2D eigenvalue weighted by Gasteiger charge is 2.22. The molecule has 2 N–H and O–H groups in total. The number of furan rings is 1. The number of carbonyl (C=O) groups excluding carboxylic acids is 1. The fraction of sp³-hybridized carbons (Fsp3) is 0.615. The van der Waals surface area contributed by atoms with Crippen LogP contribution in [0.4, 0.5) is 0 Å². The van der Waals surface area contributed by atoms with E-state index >= 15 is 0 Å². The molecular formula is C13H22N2O4S. The SMILES string of the molecule is Cc1ccc([C@@H](C)NCCNC(=O)[C@@H](C)S(C)(=O)=O)o1. The molecule has 6 nitrogen and oxygen atoms in total. The van der Waals surface area contributed by atoms with Crippen molar-refractivity contribution < 1.29 is 17.6 Å². The minimum absolute atomic E-state index is 0.0351. The van der Waals surface area contributed by atoms with Gasteiger partial charge in [-0.15, -0.1) is 0 Å². The van der Waals surface area contributed by atoms with Crippen LogP contribution in [-0.4, -0.2) is 38.9 Å². The van der Waals surface area contributed by atoms with Crippen molar-refractivity contribution >= 4 is 15.7 Å². The first-order chi connectivity index (χ1) is 9.21. The molecule has 0 saturated heterocycles. The van der Waals surface area contributed by atoms with Gasteiger partial charge in [0, 0.05) is 19.3 Å². The van der Waals surface area contributed by atoms with Crippen LogP contribution in [-0.2, 0) is 14.6 Å². The van der Waals surface area contributed by atoms with Gasteiger partial charge in [-0.2, -0.15) is 0 Å². The van der Waals surface area contributed by atoms with Crippen molar-refractivity contribution in [3.63, 3.8) is 0 Å². The molecule has 1 aromatic rings. The van der Waals surface area contributed by atoms with E-state index in [1.165, 1.54) is 6.92 Å². The summed E-state index contributed by atoms with van der Waals surface area (Å²) in [6, 6.07) is 3.83. The lowest BCUT2D eigenvalue weighted by Gasteiger charge is -2.13. The number of hydrogen-bond acceptors (Lipinski definition) is 5. The Bertz CT molecular complexity index is 550. The van der Waals surface area contributed by atoms with Gasteiger partial charge < -0.3 is 15.1 Å². The Morgan fingerprint density at radius 2 is 1.95 bits per heavy atom. The van der Waals surface area contributed by atoms with Gasteiger partial charge in [-0.1, -0.05) is 0 Å². The minimum atomic E-state index is -3.34. The lowest BCUT2D eigenvalue weighted by molar-refractivity contribution is -0.120. The molecule has 0 aromatic carbocycles. The maximum atomic E-state index is 11.6. The zero-order chi connectivity index (χ0) is 15.3. The lowest BCUT2D eigenvalue weighted by Crippen LogP contribution is -2.40. The average Bonchev–Trinajstić information content (AvgIpc) is 2.78. The minimum Gasteiger partial charge on any atom is -0.465 e. The molecule has 0 spiro atoms. The van der Waals surface area contributed by atoms with Crippen LogP contribution >= 0.6 is 0 Å². The topological polar surface area (TPSA) is 88.4 Å². The average molecular weight is 302 g/mol. The van der Waals surface area contributed by atoms with E-state index < -0.39 is 21.0 Å². The highest BCUT2D eigenvalue weighted by Crippen LogP contribution is 2.14. The van der Waals surface area contributed by atoms with E-state index in [0.717, 1.165) is 17.8 Å². The molecule has 20 heavy (non-hydrogen) atoms. The Balaban J connectivity index is 2.30. The van der Waals surface area contributed by atoms with Crippen molar-refractivity contribution in [3.05, 3.63) is 23.7 Å². The van der Waals surface area contributed by atoms with Crippen molar-refractivity contribution in [1.29, 1.82) is 0 Å². The molecule has 0 saturated carbocycles. The highest BCUT2D eigenvalue weighted by atomic mass is 32.2. The van der Waals surface area contributed by atoms with E-state index in [0.29, 0.717) is 13.1 Å². The first-order valence-electron chi connectivity index (χ1n) is 6.48. The van der Waals surface area contributed by atoms with E-state index in [2.05, 4.69) is 10.6 Å². The van der Waals surface area contributed by atoms with Crippen LogP contribution in [0.15, 0.2) is 16.5 Å². The molecule has 1 rings (SSSR count). The van der Waals surface area contributed by atoms with Gasteiger partial charge in [0.1, 0.15) is 16.8 Å². The van der Waals surface area contributed by atoms with Gasteiger partial charge in [-0.25, -0.2) is 8.42 Å². The number of rotatable bonds is 7. The second-order valence-corrected chi connectivity index (χ2v) is 7.25. The molecule has 7 heteroatoms. The summed E-state index contributed by atoms with van der Waals surface area (Å²) < 4.78 is 27.9. The van der Waals surface area contributed by atoms with E-state index in [4.69, 9.17) is 4.42 Å². The fourth-order valence-electron chi connectivity index (χ4n) is 1.60. The summed E-state index contributed by atoms with van der Waals surface area (Å²) >= 11 is 0. The number of hydrogen-bond donors (Lipinski definition) is 2. The van der Waals surface area contributed by atoms with Crippen LogP contribution in [0.25, 0.3) is 0 Å². The molecule has 0 aliphatic rings. The molecule has 1 aromatic heterocycles. The zero-order valence-corrected chi connectivity index (χ0v) is 13.1. The molecule has 0 bridgehead atoms. The Labute approximate surface area is 119 Å². The van der Waals surface area contributed by atoms with E-state index in [1.807, 2.05) is 26.0 Å². The maximum Gasteiger partial charge on any atom is 0.238 e. The van der Waals surface area contributed by atoms with Gasteiger partial charge >= 0.3 is 0 Å². The van der Waals surface area contributed by atoms with Crippen molar-refractivity contribution in [2.24, 2.45) is 0 Å². The predicted molar refractivity (Wildman–Crippen MR) is 77.2 cm³/mol. The zero-order valence-electron chi connectivity index (χ0n) is 12.3. The van der Waals surface area contributed by atoms with E-state index in [9.17, 15) is 13.2 Å². The first kappa shape index (κ1) is 16.7. The molecule has 0 fully saturated rings. The molecule has 0 aliphatic carbocycles. The highest BCUT2D eigenvalue weighted by molar-refractivity contribution is 7.92. The van der Waals surface area contributed by atoms with Crippen LogP contribution in [0.1, 0.15) is 31.4 Å². The summed E-state index contributed by atoms with van der Waals surface area (Å²) in [6.07, 6.45) is 1.05. The third-order valence-electron chi connectivity index (χ3n) is 3.07. The third kappa shape index (κ3) is 4.97. The van der Waals surface area contributed by atoms with Gasteiger partial charge in [-0.05, 0) is 32.9 Å². The van der Waals surface area contributed by atoms with Crippen LogP contribution in [0.3, 0.4) is 0 Å². The monoisotopic (exact) mass is 302 g/mol. The number of amides is 1. The van der Waals surface area contributed by atoms with Crippen LogP contribution in [0.2, 0.25) is 0 Å². The van der Waals surface area contributed by atoms with Crippen molar-refractivity contribution in [2.45, 2.75) is 32.1 Å². The molecule has 2 atom stereocenters. The molecule has 0 aliphatic heterocycles. The van der Waals surface area contributed by atoms with Crippen LogP contribution in [0, 0.1) is 6.92 Å². The first-order valence-corrected chi connectivity index (χ1v) is 8.43. The quantitative estimate of drug-likeness (QED) is 0.727. The van der Waals surface area contributed by atoms with Crippen molar-refractivity contribution in [2.75, 3.05) is 19.3 Å². The summed E-state index contributed by atoms with van der Waals surface area (Å²) in [6.45, 7) is 6.11. The second-order valence-electron chi connectivity index (χ2n) is 4.89. The molecule has 0 radical (unpaired) electrons. The normalized spacial score (nSPS) is 14.8. The second kappa shape index (κ2) is 6.90. The third-order valence-corrected chi connectivity index (χ3v) is 4.57. The van der Waals surface area contributed by atoms with Crippen LogP contribution < -0.4 is 10.6 Å². The van der Waals surface area contributed by atoms with Gasteiger partial charge in [0.25, 0.3) is 0 Å². The predicted octanol–water partition coefficient (Wildman–Crippen LogP) is 0.788. The van der Waals surface area contributed by atoms with Gasteiger partial charge in [0.15, 0.2) is 9.84 Å². The summed E-state index contributed by atoms with van der Waals surface area (Å²) in [7, 11) is -3.34. The summed E-state index contributed by atoms with van der Waals surface area (Å²) in [4.78, 5) is 11.6. The Kier molecular flexibility index (Phi) is 5.76. The van der Waals surface area contributed by atoms with Gasteiger partial charge in [-0.3, -0.25) is 4.79 Å². The summed E-state index contributed by atoms with van der Waals surface area (Å²) in [5, 5.41) is 4.76. The van der Waals surface area contributed by atoms with Gasteiger partial charge in [0.05, 0.1) is 6.04 Å². The largest absolute Gasteiger partial charge is 0.465 e. The molecular weight excluding hydrogens is 280 g/mol. The molecule has 0 unspecified atom stereocenters. The summed E-state index contributed by atoms with van der Waals surface area (Å²) in [5.41, 5.74) is 0. The summed E-state index contributed by atoms with van der Waals surface area (Å²) in [5.74, 6) is 1.21. The van der Waals surface area contributed by atoms with Crippen molar-refractivity contribution in [1.82, 2.24) is 10.6 Å². The Morgan fingerprint density at radius 1 is 1.30 bits per heavy atom. The maximum absolute atomic E-state index is 11.6. The molecule has 114 valence electrons. The lowest BCUT2D eigenvalue weighted by atomic mass is 10.2. The fourth-order valence-corrected chi connectivity index (χ4v) is 2.07.